The highest BCUT2D eigenvalue weighted by Gasteiger charge is 2.25. The standard InChI is InChI=1S/C18H19ClN2O2S/c19-16-6-2-1-5-15(16)18(23)21-11-9-20(10-12-21)17(22)8-7-14-4-3-13-24-14/h1-6,13H,7-12H2. The summed E-state index contributed by atoms with van der Waals surface area (Å²) in [5.74, 6) is 0.0968. The molecule has 0 unspecified atom stereocenters. The zero-order chi connectivity index (χ0) is 16.9. The summed E-state index contributed by atoms with van der Waals surface area (Å²) in [7, 11) is 0. The predicted molar refractivity (Wildman–Crippen MR) is 96.6 cm³/mol. The predicted octanol–water partition coefficient (Wildman–Crippen LogP) is 3.32. The number of rotatable bonds is 4. The Morgan fingerprint density at radius 1 is 1.00 bits per heavy atom. The Kier molecular flexibility index (Phi) is 5.53. The van der Waals surface area contributed by atoms with Crippen LogP contribution in [-0.2, 0) is 11.2 Å². The van der Waals surface area contributed by atoms with Crippen LogP contribution in [0.3, 0.4) is 0 Å². The van der Waals surface area contributed by atoms with Crippen molar-refractivity contribution in [3.8, 4) is 0 Å². The number of hydrogen-bond donors (Lipinski definition) is 0. The van der Waals surface area contributed by atoms with Crippen LogP contribution in [0, 0.1) is 0 Å². The molecule has 0 spiro atoms. The molecule has 1 saturated heterocycles. The van der Waals surface area contributed by atoms with Crippen molar-refractivity contribution in [1.29, 1.82) is 0 Å². The molecule has 1 fully saturated rings. The molecule has 24 heavy (non-hydrogen) atoms. The lowest BCUT2D eigenvalue weighted by atomic mass is 10.1. The highest BCUT2D eigenvalue weighted by atomic mass is 35.5. The molecule has 2 aromatic rings. The number of amides is 2. The van der Waals surface area contributed by atoms with Gasteiger partial charge in [0.1, 0.15) is 0 Å². The van der Waals surface area contributed by atoms with Gasteiger partial charge in [-0.2, -0.15) is 0 Å². The summed E-state index contributed by atoms with van der Waals surface area (Å²) >= 11 is 7.78. The second-order valence-electron chi connectivity index (χ2n) is 5.73. The van der Waals surface area contributed by atoms with E-state index in [9.17, 15) is 9.59 Å². The summed E-state index contributed by atoms with van der Waals surface area (Å²) in [6, 6.07) is 11.1. The molecule has 126 valence electrons. The molecule has 0 atom stereocenters. The molecule has 1 aliphatic rings. The maximum absolute atomic E-state index is 12.5. The monoisotopic (exact) mass is 362 g/mol. The minimum absolute atomic E-state index is 0.0636. The SMILES string of the molecule is O=C(CCc1cccs1)N1CCN(C(=O)c2ccccc2Cl)CC1. The average Bonchev–Trinajstić information content (AvgIpc) is 3.13. The molecule has 6 heteroatoms. The Labute approximate surface area is 150 Å². The average molecular weight is 363 g/mol. The number of halogens is 1. The highest BCUT2D eigenvalue weighted by molar-refractivity contribution is 7.09. The number of hydrogen-bond acceptors (Lipinski definition) is 3. The molecule has 4 nitrogen and oxygen atoms in total. The molecule has 2 heterocycles. The van der Waals surface area contributed by atoms with Crippen molar-refractivity contribution in [2.45, 2.75) is 12.8 Å². The first kappa shape index (κ1) is 17.0. The van der Waals surface area contributed by atoms with Crippen LogP contribution in [0.5, 0.6) is 0 Å². The van der Waals surface area contributed by atoms with Crippen LogP contribution in [0.15, 0.2) is 41.8 Å². The molecule has 1 aromatic carbocycles. The quantitative estimate of drug-likeness (QED) is 0.837. The van der Waals surface area contributed by atoms with Crippen molar-refractivity contribution in [2.75, 3.05) is 26.2 Å². The Morgan fingerprint density at radius 3 is 2.38 bits per heavy atom. The topological polar surface area (TPSA) is 40.6 Å². The van der Waals surface area contributed by atoms with Gasteiger partial charge in [-0.05, 0) is 30.0 Å². The number of thiophene rings is 1. The Morgan fingerprint density at radius 2 is 1.71 bits per heavy atom. The lowest BCUT2D eigenvalue weighted by molar-refractivity contribution is -0.132. The van der Waals surface area contributed by atoms with Gasteiger partial charge in [-0.15, -0.1) is 11.3 Å². The Bertz CT molecular complexity index is 710. The fourth-order valence-corrected chi connectivity index (χ4v) is 3.73. The first-order valence-electron chi connectivity index (χ1n) is 7.99. The zero-order valence-electron chi connectivity index (χ0n) is 13.3. The Hall–Kier alpha value is -1.85. The third-order valence-corrected chi connectivity index (χ3v) is 5.45. The highest BCUT2D eigenvalue weighted by Crippen LogP contribution is 2.18. The normalized spacial score (nSPS) is 14.7. The fourth-order valence-electron chi connectivity index (χ4n) is 2.81. The van der Waals surface area contributed by atoms with E-state index in [1.54, 1.807) is 28.4 Å². The molecule has 0 bridgehead atoms. The van der Waals surface area contributed by atoms with Crippen molar-refractivity contribution < 1.29 is 9.59 Å². The Balaban J connectivity index is 1.51. The minimum Gasteiger partial charge on any atom is -0.339 e. The lowest BCUT2D eigenvalue weighted by Gasteiger charge is -2.35. The fraction of sp³-hybridized carbons (Fsp3) is 0.333. The van der Waals surface area contributed by atoms with Crippen LogP contribution < -0.4 is 0 Å². The van der Waals surface area contributed by atoms with Gasteiger partial charge in [-0.25, -0.2) is 0 Å². The van der Waals surface area contributed by atoms with Gasteiger partial charge in [0.25, 0.3) is 5.91 Å². The second-order valence-corrected chi connectivity index (χ2v) is 7.17. The van der Waals surface area contributed by atoms with Crippen LogP contribution >= 0.6 is 22.9 Å². The van der Waals surface area contributed by atoms with Gasteiger partial charge in [0, 0.05) is 37.5 Å². The number of piperazine rings is 1. The first-order valence-corrected chi connectivity index (χ1v) is 9.25. The second kappa shape index (κ2) is 7.81. The summed E-state index contributed by atoms with van der Waals surface area (Å²) in [5, 5.41) is 2.50. The number of carbonyl (C=O) groups excluding carboxylic acids is 2. The van der Waals surface area contributed by atoms with Crippen molar-refractivity contribution in [3.63, 3.8) is 0 Å². The molecule has 1 aromatic heterocycles. The summed E-state index contributed by atoms with van der Waals surface area (Å²) in [6.07, 6.45) is 1.31. The molecular formula is C18H19ClN2O2S. The van der Waals surface area contributed by atoms with E-state index in [-0.39, 0.29) is 11.8 Å². The van der Waals surface area contributed by atoms with Gasteiger partial charge < -0.3 is 9.80 Å². The van der Waals surface area contributed by atoms with Gasteiger partial charge in [-0.3, -0.25) is 9.59 Å². The van der Waals surface area contributed by atoms with E-state index in [0.29, 0.717) is 43.2 Å². The van der Waals surface area contributed by atoms with Crippen LogP contribution in [-0.4, -0.2) is 47.8 Å². The molecule has 0 radical (unpaired) electrons. The van der Waals surface area contributed by atoms with Crippen molar-refractivity contribution in [1.82, 2.24) is 9.80 Å². The van der Waals surface area contributed by atoms with E-state index < -0.39 is 0 Å². The van der Waals surface area contributed by atoms with Crippen LogP contribution in [0.2, 0.25) is 5.02 Å². The lowest BCUT2D eigenvalue weighted by Crippen LogP contribution is -2.50. The molecular weight excluding hydrogens is 344 g/mol. The molecule has 1 aliphatic heterocycles. The third-order valence-electron chi connectivity index (χ3n) is 4.19. The third kappa shape index (κ3) is 3.97. The summed E-state index contributed by atoms with van der Waals surface area (Å²) in [6.45, 7) is 2.27. The molecule has 3 rings (SSSR count). The van der Waals surface area contributed by atoms with Crippen LogP contribution in [0.4, 0.5) is 0 Å². The van der Waals surface area contributed by atoms with Gasteiger partial charge >= 0.3 is 0 Å². The van der Waals surface area contributed by atoms with Crippen molar-refractivity contribution >= 4 is 34.8 Å². The van der Waals surface area contributed by atoms with Gasteiger partial charge in [0.2, 0.25) is 5.91 Å². The van der Waals surface area contributed by atoms with Crippen molar-refractivity contribution in [3.05, 3.63) is 57.2 Å². The molecule has 2 amide bonds. The number of nitrogens with zero attached hydrogens (tertiary/aromatic N) is 2. The largest absolute Gasteiger partial charge is 0.339 e. The maximum atomic E-state index is 12.5. The minimum atomic E-state index is -0.0636. The van der Waals surface area contributed by atoms with Gasteiger partial charge in [0.05, 0.1) is 10.6 Å². The first-order chi connectivity index (χ1) is 11.6. The van der Waals surface area contributed by atoms with E-state index >= 15 is 0 Å². The zero-order valence-corrected chi connectivity index (χ0v) is 14.9. The number of carbonyl (C=O) groups is 2. The molecule has 0 saturated carbocycles. The van der Waals surface area contributed by atoms with Crippen LogP contribution in [0.1, 0.15) is 21.7 Å². The number of benzene rings is 1. The summed E-state index contributed by atoms with van der Waals surface area (Å²) < 4.78 is 0. The summed E-state index contributed by atoms with van der Waals surface area (Å²) in [5.41, 5.74) is 0.525. The molecule has 0 aliphatic carbocycles. The van der Waals surface area contributed by atoms with Crippen molar-refractivity contribution in [2.24, 2.45) is 0 Å². The van der Waals surface area contributed by atoms with Gasteiger partial charge in [-0.1, -0.05) is 29.8 Å². The molecule has 0 N–H and O–H groups in total. The van der Waals surface area contributed by atoms with Crippen LogP contribution in [0.25, 0.3) is 0 Å². The summed E-state index contributed by atoms with van der Waals surface area (Å²) in [4.78, 5) is 29.7. The van der Waals surface area contributed by atoms with E-state index in [4.69, 9.17) is 11.6 Å². The van der Waals surface area contributed by atoms with E-state index in [1.807, 2.05) is 28.5 Å². The number of aryl methyl sites for hydroxylation is 1. The van der Waals surface area contributed by atoms with E-state index in [2.05, 4.69) is 6.07 Å². The van der Waals surface area contributed by atoms with Gasteiger partial charge in [0.15, 0.2) is 0 Å². The van der Waals surface area contributed by atoms with E-state index in [0.717, 1.165) is 6.42 Å². The maximum Gasteiger partial charge on any atom is 0.255 e. The smallest absolute Gasteiger partial charge is 0.255 e. The van der Waals surface area contributed by atoms with E-state index in [1.165, 1.54) is 4.88 Å².